The number of benzene rings is 2. The molecule has 0 amide bonds. The topological polar surface area (TPSA) is 88.1 Å². The molecule has 1 aliphatic carbocycles. The summed E-state index contributed by atoms with van der Waals surface area (Å²) in [5.74, 6) is -1.62. The van der Waals surface area contributed by atoms with Gasteiger partial charge in [0.1, 0.15) is 23.6 Å². The van der Waals surface area contributed by atoms with Gasteiger partial charge in [-0.25, -0.2) is 18.7 Å². The maximum absolute atomic E-state index is 15.0. The Morgan fingerprint density at radius 3 is 2.49 bits per heavy atom. The van der Waals surface area contributed by atoms with E-state index < -0.39 is 17.6 Å². The van der Waals surface area contributed by atoms with Crippen molar-refractivity contribution in [2.75, 3.05) is 0 Å². The Morgan fingerprint density at radius 2 is 1.80 bits per heavy atom. The van der Waals surface area contributed by atoms with Crippen LogP contribution in [0.3, 0.4) is 0 Å². The predicted octanol–water partition coefficient (Wildman–Crippen LogP) is 6.53. The van der Waals surface area contributed by atoms with Crippen LogP contribution in [0.1, 0.15) is 31.2 Å². The lowest BCUT2D eigenvalue weighted by molar-refractivity contribution is -0.143. The Hall–Kier alpha value is -3.08. The third-order valence-electron chi connectivity index (χ3n) is 6.37. The van der Waals surface area contributed by atoms with Crippen LogP contribution in [0.15, 0.2) is 48.7 Å². The largest absolute Gasteiger partial charge is 0.481 e. The van der Waals surface area contributed by atoms with Crippen LogP contribution in [0, 0.1) is 17.6 Å². The Kier molecular flexibility index (Phi) is 6.68. The molecule has 4 aromatic rings. The molecule has 5 rings (SSSR count). The first-order valence-electron chi connectivity index (χ1n) is 11.3. The number of halogens is 3. The molecule has 180 valence electrons. The molecule has 2 N–H and O–H groups in total. The summed E-state index contributed by atoms with van der Waals surface area (Å²) in [6.07, 6.45) is 3.77. The fourth-order valence-corrected chi connectivity index (χ4v) is 4.90. The lowest BCUT2D eigenvalue weighted by atomic mass is 9.87. The van der Waals surface area contributed by atoms with E-state index in [4.69, 9.17) is 9.84 Å². The summed E-state index contributed by atoms with van der Waals surface area (Å²) in [6, 6.07) is 11.3. The highest BCUT2D eigenvalue weighted by atomic mass is 127. The standard InChI is InChI=1S/C26H22F2IN3O3/c27-20-11-19(25-31-22-7-1-14(12-29)9-23(22)32-25)21(28)10-18(20)16-4-8-24(30-13-16)35-17-5-2-15(3-6-17)26(33)34/h1,4,7-11,13,15,17H,2-3,5-6,12H2,(H,31,32)(H,33,34). The number of imidazole rings is 1. The Balaban J connectivity index is 1.33. The molecule has 0 saturated heterocycles. The number of carbonyl (C=O) groups is 1. The summed E-state index contributed by atoms with van der Waals surface area (Å²) in [5.41, 5.74) is 3.15. The monoisotopic (exact) mass is 589 g/mol. The molecule has 1 fully saturated rings. The first-order valence-corrected chi connectivity index (χ1v) is 12.8. The van der Waals surface area contributed by atoms with E-state index in [9.17, 15) is 4.79 Å². The maximum atomic E-state index is 15.0. The second kappa shape index (κ2) is 9.88. The number of nitrogens with zero attached hydrogens (tertiary/aromatic N) is 2. The van der Waals surface area contributed by atoms with Crippen molar-refractivity contribution in [3.8, 4) is 28.4 Å². The van der Waals surface area contributed by atoms with Crippen molar-refractivity contribution in [2.45, 2.75) is 36.2 Å². The van der Waals surface area contributed by atoms with Gasteiger partial charge in [0.05, 0.1) is 22.5 Å². The Bertz CT molecular complexity index is 1380. The molecule has 0 spiro atoms. The van der Waals surface area contributed by atoms with Gasteiger partial charge in [0, 0.05) is 27.8 Å². The van der Waals surface area contributed by atoms with E-state index in [1.807, 2.05) is 18.2 Å². The van der Waals surface area contributed by atoms with E-state index in [-0.39, 0.29) is 29.0 Å². The summed E-state index contributed by atoms with van der Waals surface area (Å²) in [6.45, 7) is 0. The van der Waals surface area contributed by atoms with Crippen molar-refractivity contribution in [1.29, 1.82) is 0 Å². The van der Waals surface area contributed by atoms with Crippen molar-refractivity contribution in [1.82, 2.24) is 15.0 Å². The average molecular weight is 589 g/mol. The molecule has 9 heteroatoms. The number of pyridine rings is 1. The number of fused-ring (bicyclic) bond motifs is 1. The molecule has 0 radical (unpaired) electrons. The molecule has 0 atom stereocenters. The van der Waals surface area contributed by atoms with E-state index in [1.54, 1.807) is 12.1 Å². The summed E-state index contributed by atoms with van der Waals surface area (Å²) in [5, 5.41) is 9.11. The lowest BCUT2D eigenvalue weighted by Gasteiger charge is -2.26. The van der Waals surface area contributed by atoms with E-state index in [0.717, 1.165) is 27.6 Å². The fourth-order valence-electron chi connectivity index (χ4n) is 4.42. The summed E-state index contributed by atoms with van der Waals surface area (Å²) >= 11 is 2.27. The van der Waals surface area contributed by atoms with E-state index in [1.165, 1.54) is 6.20 Å². The summed E-state index contributed by atoms with van der Waals surface area (Å²) in [7, 11) is 0. The number of alkyl halides is 1. The second-order valence-corrected chi connectivity index (χ2v) is 9.46. The molecule has 0 bridgehead atoms. The van der Waals surface area contributed by atoms with Gasteiger partial charge in [0.25, 0.3) is 0 Å². The third-order valence-corrected chi connectivity index (χ3v) is 7.25. The van der Waals surface area contributed by atoms with Gasteiger partial charge in [-0.2, -0.15) is 0 Å². The van der Waals surface area contributed by atoms with Crippen LogP contribution in [0.2, 0.25) is 0 Å². The zero-order valence-corrected chi connectivity index (χ0v) is 20.8. The average Bonchev–Trinajstić information content (AvgIpc) is 3.29. The number of nitrogens with one attached hydrogen (secondary N) is 1. The molecule has 0 aliphatic heterocycles. The minimum atomic E-state index is -0.767. The zero-order chi connectivity index (χ0) is 24.5. The van der Waals surface area contributed by atoms with Crippen molar-refractivity contribution in [3.05, 3.63) is 65.9 Å². The first kappa shape index (κ1) is 23.7. The molecule has 0 unspecified atom stereocenters. The van der Waals surface area contributed by atoms with Crippen LogP contribution in [-0.4, -0.2) is 32.1 Å². The van der Waals surface area contributed by atoms with Gasteiger partial charge >= 0.3 is 5.97 Å². The molecule has 2 aromatic carbocycles. The Labute approximate surface area is 213 Å². The molecule has 1 aliphatic rings. The quantitative estimate of drug-likeness (QED) is 0.197. The number of aliphatic carboxylic acids is 1. The first-order chi connectivity index (χ1) is 16.9. The van der Waals surface area contributed by atoms with E-state index in [2.05, 4.69) is 37.5 Å². The van der Waals surface area contributed by atoms with Gasteiger partial charge in [-0.05, 0) is 61.6 Å². The molecule has 6 nitrogen and oxygen atoms in total. The van der Waals surface area contributed by atoms with Crippen LogP contribution in [0.5, 0.6) is 5.88 Å². The highest BCUT2D eigenvalue weighted by Crippen LogP contribution is 2.32. The maximum Gasteiger partial charge on any atom is 0.306 e. The number of hydrogen-bond donors (Lipinski definition) is 2. The third kappa shape index (κ3) is 5.00. The van der Waals surface area contributed by atoms with Gasteiger partial charge in [0.2, 0.25) is 5.88 Å². The number of aromatic amines is 1. The normalized spacial score (nSPS) is 18.0. The minimum absolute atomic E-state index is 0.0587. The zero-order valence-electron chi connectivity index (χ0n) is 18.6. The van der Waals surface area contributed by atoms with Crippen molar-refractivity contribution in [2.24, 2.45) is 5.92 Å². The van der Waals surface area contributed by atoms with E-state index >= 15 is 8.78 Å². The molecule has 2 aromatic heterocycles. The number of rotatable bonds is 6. The van der Waals surface area contributed by atoms with Crippen molar-refractivity contribution >= 4 is 39.6 Å². The van der Waals surface area contributed by atoms with Crippen LogP contribution in [-0.2, 0) is 9.22 Å². The number of carboxylic acids is 1. The molecular weight excluding hydrogens is 567 g/mol. The number of H-pyrrole nitrogens is 1. The highest BCUT2D eigenvalue weighted by molar-refractivity contribution is 14.1. The fraction of sp³-hybridized carbons (Fsp3) is 0.269. The summed E-state index contributed by atoms with van der Waals surface area (Å²) < 4.78 is 36.8. The number of aromatic nitrogens is 3. The van der Waals surface area contributed by atoms with Crippen molar-refractivity contribution in [3.63, 3.8) is 0 Å². The number of hydrogen-bond acceptors (Lipinski definition) is 4. The smallest absolute Gasteiger partial charge is 0.306 e. The van der Waals surface area contributed by atoms with Crippen LogP contribution in [0.4, 0.5) is 8.78 Å². The SMILES string of the molecule is O=C(O)C1CCC(Oc2ccc(-c3cc(F)c(-c4nc5ccc(CI)cc5[nH]4)cc3F)cn2)CC1. The highest BCUT2D eigenvalue weighted by Gasteiger charge is 2.27. The van der Waals surface area contributed by atoms with Gasteiger partial charge in [-0.1, -0.05) is 28.7 Å². The molecular formula is C26H22F2IN3O3. The number of carboxylic acid groups (broad SMARTS) is 1. The minimum Gasteiger partial charge on any atom is -0.481 e. The lowest BCUT2D eigenvalue weighted by Crippen LogP contribution is -2.28. The second-order valence-electron chi connectivity index (χ2n) is 8.70. The van der Waals surface area contributed by atoms with Gasteiger partial charge < -0.3 is 14.8 Å². The number of ether oxygens (including phenoxy) is 1. The van der Waals surface area contributed by atoms with Gasteiger partial charge in [0.15, 0.2) is 0 Å². The van der Waals surface area contributed by atoms with Crippen LogP contribution in [0.25, 0.3) is 33.5 Å². The van der Waals surface area contributed by atoms with Crippen molar-refractivity contribution < 1.29 is 23.4 Å². The van der Waals surface area contributed by atoms with Gasteiger partial charge in [-0.3, -0.25) is 4.79 Å². The molecule has 1 saturated carbocycles. The summed E-state index contributed by atoms with van der Waals surface area (Å²) in [4.78, 5) is 22.9. The van der Waals surface area contributed by atoms with E-state index in [0.29, 0.717) is 42.6 Å². The van der Waals surface area contributed by atoms with Crippen LogP contribution < -0.4 is 4.74 Å². The van der Waals surface area contributed by atoms with Crippen LogP contribution >= 0.6 is 22.6 Å². The molecule has 35 heavy (non-hydrogen) atoms. The Morgan fingerprint density at radius 1 is 1.06 bits per heavy atom. The molecule has 2 heterocycles. The predicted molar refractivity (Wildman–Crippen MR) is 136 cm³/mol. The van der Waals surface area contributed by atoms with Gasteiger partial charge in [-0.15, -0.1) is 0 Å².